The minimum Gasteiger partial charge on any atom is -0.393 e. The molecule has 2 fully saturated rings. The van der Waals surface area contributed by atoms with Crippen molar-refractivity contribution in [1.82, 2.24) is 9.97 Å². The lowest BCUT2D eigenvalue weighted by Crippen LogP contribution is -2.36. The Balaban J connectivity index is 1.68. The summed E-state index contributed by atoms with van der Waals surface area (Å²) in [6, 6.07) is 0.357. The summed E-state index contributed by atoms with van der Waals surface area (Å²) >= 11 is 0. The summed E-state index contributed by atoms with van der Waals surface area (Å²) in [5, 5.41) is 16.8. The Hall–Kier alpha value is -1.93. The SMILES string of the molecule is COC1CCC(Nc2ncc(C(N)=O)c(NC3CCC(C)C(O)C3)n2)CC1. The highest BCUT2D eigenvalue weighted by molar-refractivity contribution is 5.97. The maximum atomic E-state index is 11.8. The van der Waals surface area contributed by atoms with E-state index < -0.39 is 5.91 Å². The largest absolute Gasteiger partial charge is 0.393 e. The van der Waals surface area contributed by atoms with Crippen LogP contribution in [0.1, 0.15) is 62.2 Å². The van der Waals surface area contributed by atoms with E-state index in [0.717, 1.165) is 38.5 Å². The fourth-order valence-electron chi connectivity index (χ4n) is 3.99. The van der Waals surface area contributed by atoms with Crippen molar-refractivity contribution < 1.29 is 14.6 Å². The molecule has 8 heteroatoms. The van der Waals surface area contributed by atoms with Gasteiger partial charge in [-0.15, -0.1) is 0 Å². The van der Waals surface area contributed by atoms with Gasteiger partial charge in [0.05, 0.1) is 17.8 Å². The lowest BCUT2D eigenvalue weighted by molar-refractivity contribution is 0.0681. The van der Waals surface area contributed by atoms with Crippen LogP contribution in [-0.4, -0.2) is 52.4 Å². The molecule has 27 heavy (non-hydrogen) atoms. The van der Waals surface area contributed by atoms with Crippen molar-refractivity contribution in [3.8, 4) is 0 Å². The molecule has 1 heterocycles. The van der Waals surface area contributed by atoms with Gasteiger partial charge in [-0.3, -0.25) is 4.79 Å². The molecule has 0 radical (unpaired) electrons. The minimum absolute atomic E-state index is 0.0641. The molecule has 5 N–H and O–H groups in total. The number of ether oxygens (including phenoxy) is 1. The number of hydrogen-bond donors (Lipinski definition) is 4. The first-order valence-electron chi connectivity index (χ1n) is 9.87. The number of primary amides is 1. The monoisotopic (exact) mass is 377 g/mol. The molecule has 150 valence electrons. The van der Waals surface area contributed by atoms with Crippen molar-refractivity contribution in [3.63, 3.8) is 0 Å². The Bertz CT molecular complexity index is 648. The van der Waals surface area contributed by atoms with E-state index in [2.05, 4.69) is 27.5 Å². The van der Waals surface area contributed by atoms with E-state index in [4.69, 9.17) is 10.5 Å². The molecule has 2 aliphatic rings. The number of amides is 1. The third-order valence-corrected chi connectivity index (χ3v) is 5.89. The quantitative estimate of drug-likeness (QED) is 0.597. The molecule has 2 aliphatic carbocycles. The normalized spacial score (nSPS) is 31.3. The Morgan fingerprint density at radius 2 is 1.89 bits per heavy atom. The Morgan fingerprint density at radius 1 is 1.19 bits per heavy atom. The van der Waals surface area contributed by atoms with Crippen molar-refractivity contribution in [2.45, 2.75) is 76.2 Å². The first-order valence-corrected chi connectivity index (χ1v) is 9.87. The van der Waals surface area contributed by atoms with Crippen LogP contribution in [0.15, 0.2) is 6.20 Å². The van der Waals surface area contributed by atoms with Crippen LogP contribution in [0.3, 0.4) is 0 Å². The second-order valence-corrected chi connectivity index (χ2v) is 7.87. The predicted molar refractivity (Wildman–Crippen MR) is 104 cm³/mol. The molecule has 1 amide bonds. The summed E-state index contributed by atoms with van der Waals surface area (Å²) in [6.45, 7) is 2.06. The first kappa shape index (κ1) is 19.8. The summed E-state index contributed by atoms with van der Waals surface area (Å²) in [5.74, 6) is 0.670. The Morgan fingerprint density at radius 3 is 2.52 bits per heavy atom. The van der Waals surface area contributed by atoms with Crippen LogP contribution < -0.4 is 16.4 Å². The number of carbonyl (C=O) groups is 1. The van der Waals surface area contributed by atoms with Crippen LogP contribution in [0.5, 0.6) is 0 Å². The zero-order valence-electron chi connectivity index (χ0n) is 16.1. The van der Waals surface area contributed by atoms with Crippen molar-refractivity contribution in [2.24, 2.45) is 11.7 Å². The second kappa shape index (κ2) is 8.84. The van der Waals surface area contributed by atoms with Gasteiger partial charge in [-0.1, -0.05) is 6.92 Å². The molecular formula is C19H31N5O3. The molecule has 3 atom stereocenters. The molecule has 0 aromatic carbocycles. The number of methoxy groups -OCH3 is 1. The van der Waals surface area contributed by atoms with Gasteiger partial charge in [0.15, 0.2) is 0 Å². The number of rotatable bonds is 6. The number of aromatic nitrogens is 2. The van der Waals surface area contributed by atoms with Gasteiger partial charge in [0.1, 0.15) is 5.82 Å². The zero-order valence-corrected chi connectivity index (χ0v) is 16.1. The van der Waals surface area contributed by atoms with Crippen LogP contribution >= 0.6 is 0 Å². The maximum Gasteiger partial charge on any atom is 0.254 e. The zero-order chi connectivity index (χ0) is 19.4. The Labute approximate surface area is 160 Å². The van der Waals surface area contributed by atoms with E-state index in [9.17, 15) is 9.90 Å². The average Bonchev–Trinajstić information content (AvgIpc) is 2.65. The molecule has 0 bridgehead atoms. The standard InChI is InChI=1S/C19H31N5O3/c1-11-3-4-13(9-16(11)25)22-18-15(17(20)26)10-21-19(24-18)23-12-5-7-14(27-2)8-6-12/h10-14,16,25H,3-9H2,1-2H3,(H2,20,26)(H2,21,22,23,24). The molecule has 0 aliphatic heterocycles. The summed E-state index contributed by atoms with van der Waals surface area (Å²) < 4.78 is 5.41. The molecule has 0 spiro atoms. The number of carbonyl (C=O) groups excluding carboxylic acids is 1. The summed E-state index contributed by atoms with van der Waals surface area (Å²) in [6.07, 6.45) is 7.96. The van der Waals surface area contributed by atoms with Gasteiger partial charge in [-0.05, 0) is 50.9 Å². The maximum absolute atomic E-state index is 11.8. The average molecular weight is 377 g/mol. The van der Waals surface area contributed by atoms with E-state index >= 15 is 0 Å². The number of aliphatic hydroxyl groups excluding tert-OH is 1. The molecule has 3 rings (SSSR count). The van der Waals surface area contributed by atoms with E-state index in [1.807, 2.05) is 0 Å². The van der Waals surface area contributed by atoms with Gasteiger partial charge in [-0.25, -0.2) is 4.98 Å². The van der Waals surface area contributed by atoms with Crippen LogP contribution in [0.25, 0.3) is 0 Å². The third kappa shape index (κ3) is 5.07. The summed E-state index contributed by atoms with van der Waals surface area (Å²) in [4.78, 5) is 20.6. The number of nitrogens with one attached hydrogen (secondary N) is 2. The predicted octanol–water partition coefficient (Wildman–Crippen LogP) is 1.91. The molecule has 3 unspecified atom stereocenters. The molecule has 2 saturated carbocycles. The van der Waals surface area contributed by atoms with Gasteiger partial charge in [0, 0.05) is 25.4 Å². The van der Waals surface area contributed by atoms with Crippen molar-refractivity contribution in [3.05, 3.63) is 11.8 Å². The van der Waals surface area contributed by atoms with Crippen molar-refractivity contribution >= 4 is 17.7 Å². The van der Waals surface area contributed by atoms with Crippen molar-refractivity contribution in [2.75, 3.05) is 17.7 Å². The smallest absolute Gasteiger partial charge is 0.254 e. The lowest BCUT2D eigenvalue weighted by atomic mass is 9.85. The van der Waals surface area contributed by atoms with E-state index in [0.29, 0.717) is 36.3 Å². The summed E-state index contributed by atoms with van der Waals surface area (Å²) in [7, 11) is 1.75. The number of hydrogen-bond acceptors (Lipinski definition) is 7. The second-order valence-electron chi connectivity index (χ2n) is 7.87. The number of anilines is 2. The van der Waals surface area contributed by atoms with Gasteiger partial charge in [-0.2, -0.15) is 4.98 Å². The fourth-order valence-corrected chi connectivity index (χ4v) is 3.99. The van der Waals surface area contributed by atoms with Gasteiger partial charge in [0.2, 0.25) is 5.95 Å². The molecule has 0 saturated heterocycles. The number of aliphatic hydroxyl groups is 1. The highest BCUT2D eigenvalue weighted by atomic mass is 16.5. The third-order valence-electron chi connectivity index (χ3n) is 5.89. The van der Waals surface area contributed by atoms with Gasteiger partial charge >= 0.3 is 0 Å². The highest BCUT2D eigenvalue weighted by Gasteiger charge is 2.27. The topological polar surface area (TPSA) is 122 Å². The molecule has 1 aromatic rings. The highest BCUT2D eigenvalue weighted by Crippen LogP contribution is 2.28. The number of nitrogens with two attached hydrogens (primary N) is 1. The van der Waals surface area contributed by atoms with Crippen LogP contribution in [0, 0.1) is 5.92 Å². The number of nitrogens with zero attached hydrogens (tertiary/aromatic N) is 2. The van der Waals surface area contributed by atoms with E-state index in [-0.39, 0.29) is 17.7 Å². The molecular weight excluding hydrogens is 346 g/mol. The van der Waals surface area contributed by atoms with E-state index in [1.165, 1.54) is 6.20 Å². The van der Waals surface area contributed by atoms with Crippen molar-refractivity contribution in [1.29, 1.82) is 0 Å². The van der Waals surface area contributed by atoms with Crippen LogP contribution in [0.2, 0.25) is 0 Å². The first-order chi connectivity index (χ1) is 13.0. The van der Waals surface area contributed by atoms with Gasteiger partial charge < -0.3 is 26.2 Å². The van der Waals surface area contributed by atoms with Crippen LogP contribution in [0.4, 0.5) is 11.8 Å². The fraction of sp³-hybridized carbons (Fsp3) is 0.737. The lowest BCUT2D eigenvalue weighted by Gasteiger charge is -2.32. The molecule has 8 nitrogen and oxygen atoms in total. The van der Waals surface area contributed by atoms with E-state index in [1.54, 1.807) is 7.11 Å². The summed E-state index contributed by atoms with van der Waals surface area (Å²) in [5.41, 5.74) is 5.77. The molecule has 1 aromatic heterocycles. The minimum atomic E-state index is -0.561. The van der Waals surface area contributed by atoms with Crippen LogP contribution in [-0.2, 0) is 4.74 Å². The Kier molecular flexibility index (Phi) is 6.49. The van der Waals surface area contributed by atoms with Gasteiger partial charge in [0.25, 0.3) is 5.91 Å².